The fourth-order valence-electron chi connectivity index (χ4n) is 4.79. The van der Waals surface area contributed by atoms with E-state index in [-0.39, 0.29) is 59.1 Å². The van der Waals surface area contributed by atoms with Crippen molar-refractivity contribution in [2.24, 2.45) is 0 Å². The van der Waals surface area contributed by atoms with E-state index in [1.165, 1.54) is 39.5 Å². The summed E-state index contributed by atoms with van der Waals surface area (Å²) in [5, 5.41) is 29.3. The maximum Gasteiger partial charge on any atom is 0.342 e. The quantitative estimate of drug-likeness (QED) is 0.156. The number of carbonyl (C=O) groups is 3. The smallest absolute Gasteiger partial charge is 0.342 e. The van der Waals surface area contributed by atoms with E-state index in [2.05, 4.69) is 0 Å². The monoisotopic (exact) mass is 626 g/mol. The van der Waals surface area contributed by atoms with Gasteiger partial charge in [0.05, 0.1) is 46.7 Å². The van der Waals surface area contributed by atoms with E-state index in [0.29, 0.717) is 17.5 Å². The van der Waals surface area contributed by atoms with Crippen molar-refractivity contribution in [2.75, 3.05) is 27.9 Å². The molecule has 12 heteroatoms. The lowest BCUT2D eigenvalue weighted by molar-refractivity contribution is -0.0603. The molecule has 3 N–H and O–H groups in total. The van der Waals surface area contributed by atoms with Gasteiger partial charge in [0, 0.05) is 16.7 Å². The molecule has 0 radical (unpaired) electrons. The third kappa shape index (κ3) is 8.29. The van der Waals surface area contributed by atoms with E-state index in [0.717, 1.165) is 0 Å². The normalized spacial score (nSPS) is 12.1. The Balaban J connectivity index is 1.98. The number of benzene rings is 3. The van der Waals surface area contributed by atoms with Gasteiger partial charge >= 0.3 is 17.9 Å². The molecule has 12 nitrogen and oxygen atoms in total. The number of aliphatic hydroxyl groups excluding tert-OH is 3. The molecule has 0 spiro atoms. The molecule has 3 rings (SSSR count). The topological polar surface area (TPSA) is 167 Å². The molecule has 242 valence electrons. The number of methoxy groups -OCH3 is 3. The molecule has 0 aromatic heterocycles. The van der Waals surface area contributed by atoms with Crippen LogP contribution in [0.4, 0.5) is 0 Å². The summed E-state index contributed by atoms with van der Waals surface area (Å²) in [5.74, 6) is -2.02. The van der Waals surface area contributed by atoms with Gasteiger partial charge in [-0.1, -0.05) is 43.7 Å². The van der Waals surface area contributed by atoms with Gasteiger partial charge in [0.25, 0.3) is 0 Å². The highest BCUT2D eigenvalue weighted by atomic mass is 16.6. The molecule has 0 saturated heterocycles. The maximum absolute atomic E-state index is 13.5. The predicted molar refractivity (Wildman–Crippen MR) is 160 cm³/mol. The average Bonchev–Trinajstić information content (AvgIpc) is 3.07. The number of rotatable bonds is 16. The third-order valence-corrected chi connectivity index (χ3v) is 7.00. The first-order valence-electron chi connectivity index (χ1n) is 14.2. The summed E-state index contributed by atoms with van der Waals surface area (Å²) in [6, 6.07) is 13.8. The van der Waals surface area contributed by atoms with Crippen LogP contribution in [0.5, 0.6) is 17.2 Å². The zero-order chi connectivity index (χ0) is 32.9. The van der Waals surface area contributed by atoms with Crippen molar-refractivity contribution in [1.29, 1.82) is 0 Å². The molecule has 2 unspecified atom stereocenters. The predicted octanol–water partition coefficient (Wildman–Crippen LogP) is 3.60. The van der Waals surface area contributed by atoms with E-state index < -0.39 is 43.3 Å². The molecule has 2 atom stereocenters. The second-order valence-electron chi connectivity index (χ2n) is 9.73. The first-order valence-corrected chi connectivity index (χ1v) is 14.2. The van der Waals surface area contributed by atoms with Crippen molar-refractivity contribution in [3.63, 3.8) is 0 Å². The zero-order valence-electron chi connectivity index (χ0n) is 25.6. The number of hydrogen-bond donors (Lipinski definition) is 3. The second-order valence-corrected chi connectivity index (χ2v) is 9.73. The molecule has 3 aromatic carbocycles. The Bertz CT molecular complexity index is 1470. The van der Waals surface area contributed by atoms with E-state index in [9.17, 15) is 29.7 Å². The highest BCUT2D eigenvalue weighted by Gasteiger charge is 2.33. The van der Waals surface area contributed by atoms with Gasteiger partial charge in [0.1, 0.15) is 41.1 Å². The van der Waals surface area contributed by atoms with Gasteiger partial charge in [-0.15, -0.1) is 0 Å². The Hall–Kier alpha value is -4.65. The summed E-state index contributed by atoms with van der Waals surface area (Å²) in [5.41, 5.74) is 0.975. The van der Waals surface area contributed by atoms with Crippen molar-refractivity contribution in [3.8, 4) is 17.2 Å². The molecule has 0 aliphatic rings. The van der Waals surface area contributed by atoms with Crippen LogP contribution in [0.2, 0.25) is 0 Å². The van der Waals surface area contributed by atoms with E-state index in [1.54, 1.807) is 36.4 Å². The lowest BCUT2D eigenvalue weighted by Crippen LogP contribution is -2.39. The second kappa shape index (κ2) is 17.0. The average molecular weight is 627 g/mol. The molecule has 45 heavy (non-hydrogen) atoms. The fraction of sp³-hybridized carbons (Fsp3) is 0.364. The summed E-state index contributed by atoms with van der Waals surface area (Å²) in [6.45, 7) is 0.0157. The van der Waals surface area contributed by atoms with Gasteiger partial charge in [-0.05, 0) is 30.7 Å². The summed E-state index contributed by atoms with van der Waals surface area (Å²) < 4.78 is 33.1. The van der Waals surface area contributed by atoms with Crippen LogP contribution in [0.15, 0.2) is 54.6 Å². The highest BCUT2D eigenvalue weighted by molar-refractivity contribution is 5.94. The van der Waals surface area contributed by atoms with Crippen molar-refractivity contribution >= 4 is 17.9 Å². The fourth-order valence-corrected chi connectivity index (χ4v) is 4.79. The van der Waals surface area contributed by atoms with Crippen LogP contribution < -0.4 is 14.2 Å². The molecule has 0 amide bonds. The van der Waals surface area contributed by atoms with Gasteiger partial charge in [0.15, 0.2) is 6.10 Å². The number of para-hydroxylation sites is 2. The summed E-state index contributed by atoms with van der Waals surface area (Å²) >= 11 is 0. The Morgan fingerprint density at radius 1 is 0.644 bits per heavy atom. The SMILES string of the molecule is CCCC(OC(=O)c1cccc(CO)c1OC)C(COC(=O)c1cccc(CO)c1OC)OC(=O)c1cccc(OC)c1CO. The first-order chi connectivity index (χ1) is 21.8. The van der Waals surface area contributed by atoms with Crippen LogP contribution in [0.3, 0.4) is 0 Å². The Labute approximate surface area is 261 Å². The van der Waals surface area contributed by atoms with Crippen LogP contribution in [-0.4, -0.2) is 73.4 Å². The molecule has 0 bridgehead atoms. The van der Waals surface area contributed by atoms with Gasteiger partial charge in [-0.25, -0.2) is 14.4 Å². The number of esters is 3. The van der Waals surface area contributed by atoms with Crippen molar-refractivity contribution in [2.45, 2.75) is 51.8 Å². The molecule has 0 heterocycles. The summed E-state index contributed by atoms with van der Waals surface area (Å²) in [6.07, 6.45) is -1.71. The van der Waals surface area contributed by atoms with E-state index in [4.69, 9.17) is 28.4 Å². The Morgan fingerprint density at radius 2 is 1.16 bits per heavy atom. The highest BCUT2D eigenvalue weighted by Crippen LogP contribution is 2.29. The van der Waals surface area contributed by atoms with Crippen LogP contribution >= 0.6 is 0 Å². The zero-order valence-corrected chi connectivity index (χ0v) is 25.6. The largest absolute Gasteiger partial charge is 0.496 e. The standard InChI is InChI=1S/C33H38O12/c1-5-9-27(44-33(39)24-14-7-11-21(17-35)30(24)42-4)28(45-32(38)22-12-8-15-26(40-2)25(22)18-36)19-43-31(37)23-13-6-10-20(16-34)29(23)41-3/h6-8,10-15,27-28,34-36H,5,9,16-19H2,1-4H3. The van der Waals surface area contributed by atoms with Gasteiger partial charge in [-0.2, -0.15) is 0 Å². The van der Waals surface area contributed by atoms with E-state index >= 15 is 0 Å². The summed E-state index contributed by atoms with van der Waals surface area (Å²) in [7, 11) is 4.09. The number of ether oxygens (including phenoxy) is 6. The van der Waals surface area contributed by atoms with Crippen LogP contribution in [0.1, 0.15) is 67.5 Å². The molecular weight excluding hydrogens is 588 g/mol. The molecule has 0 aliphatic heterocycles. The third-order valence-electron chi connectivity index (χ3n) is 7.00. The molecule has 0 aliphatic carbocycles. The lowest BCUT2D eigenvalue weighted by Gasteiger charge is -2.27. The van der Waals surface area contributed by atoms with Crippen molar-refractivity contribution < 1.29 is 58.1 Å². The van der Waals surface area contributed by atoms with Gasteiger partial charge < -0.3 is 43.7 Å². The maximum atomic E-state index is 13.5. The van der Waals surface area contributed by atoms with Gasteiger partial charge in [0.2, 0.25) is 0 Å². The minimum absolute atomic E-state index is 0.00406. The van der Waals surface area contributed by atoms with E-state index in [1.807, 2.05) is 6.92 Å². The summed E-state index contributed by atoms with van der Waals surface area (Å²) in [4.78, 5) is 40.1. The molecule has 3 aromatic rings. The first kappa shape index (κ1) is 34.8. The molecule has 0 saturated carbocycles. The molecular formula is C33H38O12. The van der Waals surface area contributed by atoms with Crippen LogP contribution in [0, 0.1) is 0 Å². The number of hydrogen-bond acceptors (Lipinski definition) is 12. The van der Waals surface area contributed by atoms with Gasteiger partial charge in [-0.3, -0.25) is 0 Å². The Morgan fingerprint density at radius 3 is 1.67 bits per heavy atom. The Kier molecular flexibility index (Phi) is 13.2. The van der Waals surface area contributed by atoms with Crippen LogP contribution in [0.25, 0.3) is 0 Å². The minimum Gasteiger partial charge on any atom is -0.496 e. The number of carbonyl (C=O) groups excluding carboxylic acids is 3. The number of aliphatic hydroxyl groups is 3. The lowest BCUT2D eigenvalue weighted by atomic mass is 10.1. The van der Waals surface area contributed by atoms with Crippen LogP contribution in [-0.2, 0) is 34.0 Å². The molecule has 0 fully saturated rings. The van der Waals surface area contributed by atoms with Crippen molar-refractivity contribution in [1.82, 2.24) is 0 Å². The minimum atomic E-state index is -1.30. The van der Waals surface area contributed by atoms with Crippen molar-refractivity contribution in [3.05, 3.63) is 88.0 Å².